The SMILES string of the molecule is CC(=NNC(=O)C(=O)Nc1ccc(C(F)(F)F)cc1)c1ccc(OCc2ccccc2Cl)cc1. The predicted molar refractivity (Wildman–Crippen MR) is 123 cm³/mol. The third-order valence-electron chi connectivity index (χ3n) is 4.63. The molecular formula is C24H19ClF3N3O3. The van der Waals surface area contributed by atoms with Crippen LogP contribution >= 0.6 is 11.6 Å². The maximum atomic E-state index is 12.6. The maximum Gasteiger partial charge on any atom is 0.416 e. The Kier molecular flexibility index (Phi) is 7.91. The van der Waals surface area contributed by atoms with Crippen LogP contribution in [0.5, 0.6) is 5.75 Å². The summed E-state index contributed by atoms with van der Waals surface area (Å²) in [5, 5.41) is 6.71. The Morgan fingerprint density at radius 3 is 2.21 bits per heavy atom. The summed E-state index contributed by atoms with van der Waals surface area (Å²) < 4.78 is 43.5. The second kappa shape index (κ2) is 10.8. The first-order valence-electron chi connectivity index (χ1n) is 9.93. The van der Waals surface area contributed by atoms with Crippen LogP contribution in [0.25, 0.3) is 0 Å². The molecule has 0 aliphatic heterocycles. The second-order valence-electron chi connectivity index (χ2n) is 7.07. The van der Waals surface area contributed by atoms with Crippen molar-refractivity contribution in [1.82, 2.24) is 5.43 Å². The monoisotopic (exact) mass is 489 g/mol. The molecule has 3 rings (SSSR count). The molecule has 6 nitrogen and oxygen atoms in total. The van der Waals surface area contributed by atoms with Crippen LogP contribution in [0.15, 0.2) is 77.9 Å². The zero-order chi connectivity index (χ0) is 24.7. The summed E-state index contributed by atoms with van der Waals surface area (Å²) in [7, 11) is 0. The number of alkyl halides is 3. The summed E-state index contributed by atoms with van der Waals surface area (Å²) in [6, 6.07) is 18.0. The molecule has 0 unspecified atom stereocenters. The van der Waals surface area contributed by atoms with E-state index in [1.54, 1.807) is 37.3 Å². The van der Waals surface area contributed by atoms with Gasteiger partial charge in [0.05, 0.1) is 11.3 Å². The van der Waals surface area contributed by atoms with E-state index in [-0.39, 0.29) is 5.69 Å². The van der Waals surface area contributed by atoms with Crippen molar-refractivity contribution in [2.45, 2.75) is 19.7 Å². The van der Waals surface area contributed by atoms with Gasteiger partial charge in [-0.1, -0.05) is 29.8 Å². The van der Waals surface area contributed by atoms with Crippen molar-refractivity contribution in [3.05, 3.63) is 94.5 Å². The minimum Gasteiger partial charge on any atom is -0.489 e. The molecule has 0 aromatic heterocycles. The van der Waals surface area contributed by atoms with Gasteiger partial charge in [0.1, 0.15) is 12.4 Å². The number of hydrogen-bond donors (Lipinski definition) is 2. The summed E-state index contributed by atoms with van der Waals surface area (Å²) >= 11 is 6.11. The fraction of sp³-hybridized carbons (Fsp3) is 0.125. The quantitative estimate of drug-likeness (QED) is 0.276. The van der Waals surface area contributed by atoms with Crippen molar-refractivity contribution in [1.29, 1.82) is 0 Å². The number of hydrazone groups is 1. The summed E-state index contributed by atoms with van der Waals surface area (Å²) in [5.41, 5.74) is 3.24. The van der Waals surface area contributed by atoms with Gasteiger partial charge in [0, 0.05) is 16.3 Å². The molecule has 0 saturated carbocycles. The Bertz CT molecular complexity index is 1190. The van der Waals surface area contributed by atoms with Crippen molar-refractivity contribution >= 4 is 34.8 Å². The minimum atomic E-state index is -4.49. The number of anilines is 1. The third kappa shape index (κ3) is 6.82. The van der Waals surface area contributed by atoms with Gasteiger partial charge >= 0.3 is 18.0 Å². The average molecular weight is 490 g/mol. The van der Waals surface area contributed by atoms with E-state index < -0.39 is 23.6 Å². The Hall–Kier alpha value is -3.85. The van der Waals surface area contributed by atoms with Gasteiger partial charge in [0.2, 0.25) is 0 Å². The molecular weight excluding hydrogens is 471 g/mol. The van der Waals surface area contributed by atoms with Gasteiger partial charge < -0.3 is 10.1 Å². The van der Waals surface area contributed by atoms with E-state index in [9.17, 15) is 22.8 Å². The van der Waals surface area contributed by atoms with Gasteiger partial charge in [-0.15, -0.1) is 0 Å². The highest BCUT2D eigenvalue weighted by atomic mass is 35.5. The lowest BCUT2D eigenvalue weighted by Crippen LogP contribution is -2.32. The van der Waals surface area contributed by atoms with E-state index in [4.69, 9.17) is 16.3 Å². The first kappa shape index (κ1) is 24.8. The summed E-state index contributed by atoms with van der Waals surface area (Å²) in [5.74, 6) is -1.53. The lowest BCUT2D eigenvalue weighted by atomic mass is 10.1. The molecule has 2 N–H and O–H groups in total. The summed E-state index contributed by atoms with van der Waals surface area (Å²) in [4.78, 5) is 23.9. The van der Waals surface area contributed by atoms with Gasteiger partial charge in [-0.05, 0) is 67.1 Å². The smallest absolute Gasteiger partial charge is 0.416 e. The van der Waals surface area contributed by atoms with Crippen LogP contribution in [0.2, 0.25) is 5.02 Å². The largest absolute Gasteiger partial charge is 0.489 e. The number of amides is 2. The van der Waals surface area contributed by atoms with Crippen molar-refractivity contribution in [2.24, 2.45) is 5.10 Å². The maximum absolute atomic E-state index is 12.6. The fourth-order valence-electron chi connectivity index (χ4n) is 2.75. The fourth-order valence-corrected chi connectivity index (χ4v) is 2.94. The van der Waals surface area contributed by atoms with Crippen molar-refractivity contribution < 1.29 is 27.5 Å². The van der Waals surface area contributed by atoms with Crippen molar-refractivity contribution in [3.63, 3.8) is 0 Å². The number of carbonyl (C=O) groups is 2. The number of halogens is 4. The van der Waals surface area contributed by atoms with Crippen LogP contribution in [0, 0.1) is 0 Å². The van der Waals surface area contributed by atoms with Crippen molar-refractivity contribution in [2.75, 3.05) is 5.32 Å². The molecule has 0 atom stereocenters. The van der Waals surface area contributed by atoms with E-state index >= 15 is 0 Å². The first-order chi connectivity index (χ1) is 16.1. The van der Waals surface area contributed by atoms with Gasteiger partial charge in [0.15, 0.2) is 0 Å². The lowest BCUT2D eigenvalue weighted by molar-refractivity contribution is -0.137. The number of rotatable bonds is 6. The molecule has 0 heterocycles. The molecule has 10 heteroatoms. The number of benzene rings is 3. The van der Waals surface area contributed by atoms with E-state index in [1.807, 2.05) is 18.2 Å². The zero-order valence-electron chi connectivity index (χ0n) is 17.8. The molecule has 3 aromatic carbocycles. The van der Waals surface area contributed by atoms with Crippen molar-refractivity contribution in [3.8, 4) is 5.75 Å². The van der Waals surface area contributed by atoms with E-state index in [2.05, 4.69) is 15.8 Å². The van der Waals surface area contributed by atoms with E-state index in [0.29, 0.717) is 28.7 Å². The number of nitrogens with zero attached hydrogens (tertiary/aromatic N) is 1. The molecule has 2 amide bonds. The Labute approximate surface area is 198 Å². The van der Waals surface area contributed by atoms with Crippen LogP contribution in [-0.2, 0) is 22.4 Å². The third-order valence-corrected chi connectivity index (χ3v) is 4.99. The zero-order valence-corrected chi connectivity index (χ0v) is 18.6. The number of nitrogens with one attached hydrogen (secondary N) is 2. The van der Waals surface area contributed by atoms with Gasteiger partial charge in [0.25, 0.3) is 0 Å². The van der Waals surface area contributed by atoms with Gasteiger partial charge in [-0.3, -0.25) is 9.59 Å². The normalized spacial score (nSPS) is 11.6. The summed E-state index contributed by atoms with van der Waals surface area (Å²) in [6.45, 7) is 1.93. The van der Waals surface area contributed by atoms with Crippen LogP contribution in [-0.4, -0.2) is 17.5 Å². The Morgan fingerprint density at radius 1 is 0.941 bits per heavy atom. The highest BCUT2D eigenvalue weighted by Gasteiger charge is 2.30. The molecule has 3 aromatic rings. The number of carbonyl (C=O) groups excluding carboxylic acids is 2. The molecule has 0 aliphatic rings. The highest BCUT2D eigenvalue weighted by molar-refractivity contribution is 6.39. The van der Waals surface area contributed by atoms with Crippen LogP contribution in [0.4, 0.5) is 18.9 Å². The molecule has 34 heavy (non-hydrogen) atoms. The molecule has 0 spiro atoms. The standard InChI is InChI=1S/C24H19ClF3N3O3/c1-15(16-6-12-20(13-7-16)34-14-17-4-2-3-5-21(17)25)30-31-23(33)22(32)29-19-10-8-18(9-11-19)24(26,27)28/h2-13H,14H2,1H3,(H,29,32)(H,31,33). The Morgan fingerprint density at radius 2 is 1.59 bits per heavy atom. The lowest BCUT2D eigenvalue weighted by Gasteiger charge is -2.09. The summed E-state index contributed by atoms with van der Waals surface area (Å²) in [6.07, 6.45) is -4.49. The molecule has 176 valence electrons. The number of hydrogen-bond acceptors (Lipinski definition) is 4. The van der Waals surface area contributed by atoms with E-state index in [0.717, 1.165) is 29.8 Å². The minimum absolute atomic E-state index is 0.0428. The molecule has 0 aliphatic carbocycles. The van der Waals surface area contributed by atoms with E-state index in [1.165, 1.54) is 0 Å². The number of ether oxygens (including phenoxy) is 1. The van der Waals surface area contributed by atoms with Gasteiger partial charge in [-0.25, -0.2) is 5.43 Å². The second-order valence-corrected chi connectivity index (χ2v) is 7.48. The molecule has 0 bridgehead atoms. The molecule has 0 radical (unpaired) electrons. The van der Waals surface area contributed by atoms with Crippen LogP contribution in [0.3, 0.4) is 0 Å². The van der Waals surface area contributed by atoms with Crippen LogP contribution < -0.4 is 15.5 Å². The molecule has 0 saturated heterocycles. The predicted octanol–water partition coefficient (Wildman–Crippen LogP) is 5.42. The first-order valence-corrected chi connectivity index (χ1v) is 10.3. The average Bonchev–Trinajstić information content (AvgIpc) is 2.82. The van der Waals surface area contributed by atoms with Gasteiger partial charge in [-0.2, -0.15) is 18.3 Å². The highest BCUT2D eigenvalue weighted by Crippen LogP contribution is 2.29. The van der Waals surface area contributed by atoms with Crippen LogP contribution in [0.1, 0.15) is 23.6 Å². The Balaban J connectivity index is 1.53. The topological polar surface area (TPSA) is 79.8 Å². The molecule has 0 fully saturated rings.